The van der Waals surface area contributed by atoms with Crippen LogP contribution in [0.2, 0.25) is 10.0 Å². The second-order valence-electron chi connectivity index (χ2n) is 15.7. The Labute approximate surface area is 343 Å². The van der Waals surface area contributed by atoms with Gasteiger partial charge in [0, 0.05) is 42.4 Å². The van der Waals surface area contributed by atoms with Crippen LogP contribution in [-0.2, 0) is 20.8 Å². The number of nitrogens with one attached hydrogen (secondary N) is 2. The predicted molar refractivity (Wildman–Crippen MR) is 225 cm³/mol. The Bertz CT molecular complexity index is 2070. The van der Waals surface area contributed by atoms with Gasteiger partial charge in [0.05, 0.1) is 32.3 Å². The molecule has 0 bridgehead atoms. The molecule has 7 rings (SSSR count). The molecule has 1 saturated heterocycles. The molecular weight excluding hydrogens is 765 g/mol. The summed E-state index contributed by atoms with van der Waals surface area (Å²) < 4.78 is 0. The standard InChI is InChI=1S/C22H26ClN3O3.C22H27ClN2O3/c23-16-9-10-17-15(20(16)21(27)24-13-14-5-2-1-3-6-14)8-11-19(25-17)26-12-4-7-18(26)22(28)29;23-18-12-13-19-17(11-10-16(24-19)8-4-5-9-21(27)28)22(18)25-20(26)14-15-6-2-1-3-7-15/h8-11,14,18H,1-7,12-13H2,(H,24,27)(H,28,29);10-13,15H,1-9,14H2,(H,25,26)(H,27,28)/t18-;/m1./s1. The van der Waals surface area contributed by atoms with E-state index in [1.54, 1.807) is 24.3 Å². The van der Waals surface area contributed by atoms with E-state index in [4.69, 9.17) is 28.3 Å². The van der Waals surface area contributed by atoms with Gasteiger partial charge in [-0.1, -0.05) is 61.7 Å². The molecule has 13 heteroatoms. The van der Waals surface area contributed by atoms with Gasteiger partial charge in [-0.25, -0.2) is 9.78 Å². The second-order valence-corrected chi connectivity index (χ2v) is 16.5. The van der Waals surface area contributed by atoms with Gasteiger partial charge in [-0.3, -0.25) is 19.4 Å². The zero-order valence-electron chi connectivity index (χ0n) is 32.4. The van der Waals surface area contributed by atoms with Crippen molar-refractivity contribution in [1.82, 2.24) is 15.3 Å². The minimum atomic E-state index is -0.830. The highest BCUT2D eigenvalue weighted by atomic mass is 35.5. The first kappa shape index (κ1) is 42.1. The molecule has 2 saturated carbocycles. The summed E-state index contributed by atoms with van der Waals surface area (Å²) in [6.45, 7) is 1.34. The van der Waals surface area contributed by atoms with E-state index in [-0.39, 0.29) is 18.2 Å². The first-order valence-corrected chi connectivity index (χ1v) is 21.3. The number of carbonyl (C=O) groups is 4. The Balaban J connectivity index is 0.000000193. The number of aromatic nitrogens is 2. The molecule has 304 valence electrons. The van der Waals surface area contributed by atoms with E-state index in [1.165, 1.54) is 38.5 Å². The monoisotopic (exact) mass is 817 g/mol. The van der Waals surface area contributed by atoms with E-state index in [9.17, 15) is 24.3 Å². The summed E-state index contributed by atoms with van der Waals surface area (Å²) in [7, 11) is 0. The van der Waals surface area contributed by atoms with Gasteiger partial charge in [-0.05, 0) is 118 Å². The van der Waals surface area contributed by atoms with Gasteiger partial charge >= 0.3 is 11.9 Å². The Morgan fingerprint density at radius 3 is 2.09 bits per heavy atom. The lowest BCUT2D eigenvalue weighted by Crippen LogP contribution is -2.36. The van der Waals surface area contributed by atoms with Crippen LogP contribution in [0.4, 0.5) is 11.5 Å². The number of carboxylic acid groups (broad SMARTS) is 2. The fraction of sp³-hybridized carbons (Fsp3) is 0.500. The van der Waals surface area contributed by atoms with Gasteiger partial charge in [-0.2, -0.15) is 0 Å². The van der Waals surface area contributed by atoms with Gasteiger partial charge in [-0.15, -0.1) is 0 Å². The third-order valence-electron chi connectivity index (χ3n) is 11.6. The number of pyridine rings is 2. The Hall–Kier alpha value is -4.48. The summed E-state index contributed by atoms with van der Waals surface area (Å²) in [4.78, 5) is 58.7. The number of benzene rings is 2. The smallest absolute Gasteiger partial charge is 0.326 e. The number of anilines is 2. The normalized spacial score (nSPS) is 17.6. The topological polar surface area (TPSA) is 162 Å². The summed E-state index contributed by atoms with van der Waals surface area (Å²) in [5.41, 5.74) is 3.42. The summed E-state index contributed by atoms with van der Waals surface area (Å²) >= 11 is 12.7. The highest BCUT2D eigenvalue weighted by molar-refractivity contribution is 6.36. The van der Waals surface area contributed by atoms with E-state index in [1.807, 2.05) is 29.2 Å². The van der Waals surface area contributed by atoms with Crippen molar-refractivity contribution in [2.75, 3.05) is 23.3 Å². The summed E-state index contributed by atoms with van der Waals surface area (Å²) in [6, 6.07) is 14.0. The van der Waals surface area contributed by atoms with Crippen LogP contribution < -0.4 is 15.5 Å². The zero-order valence-corrected chi connectivity index (χ0v) is 33.9. The SMILES string of the molecule is O=C(NCC1CCCCC1)c1c(Cl)ccc2nc(N3CCC[C@@H]3C(=O)O)ccc12.O=C(O)CCCCc1ccc2c(NC(=O)CC3CCCCC3)c(Cl)ccc2n1. The number of hydrogen-bond acceptors (Lipinski definition) is 7. The minimum Gasteiger partial charge on any atom is -0.481 e. The van der Waals surface area contributed by atoms with Gasteiger partial charge in [0.15, 0.2) is 0 Å². The fourth-order valence-electron chi connectivity index (χ4n) is 8.48. The van der Waals surface area contributed by atoms with Crippen LogP contribution in [0.3, 0.4) is 0 Å². The summed E-state index contributed by atoms with van der Waals surface area (Å²) in [5, 5.41) is 26.7. The molecule has 0 unspecified atom stereocenters. The highest BCUT2D eigenvalue weighted by Crippen LogP contribution is 2.33. The second kappa shape index (κ2) is 20.3. The van der Waals surface area contributed by atoms with E-state index in [0.717, 1.165) is 61.5 Å². The number of nitrogens with zero attached hydrogens (tertiary/aromatic N) is 3. The molecule has 0 radical (unpaired) electrons. The largest absolute Gasteiger partial charge is 0.481 e. The van der Waals surface area contributed by atoms with Crippen LogP contribution in [0.15, 0.2) is 48.5 Å². The minimum absolute atomic E-state index is 0.0130. The lowest BCUT2D eigenvalue weighted by molar-refractivity contribution is -0.138. The van der Waals surface area contributed by atoms with Crippen molar-refractivity contribution in [3.8, 4) is 0 Å². The average molecular weight is 819 g/mol. The molecule has 1 atom stereocenters. The van der Waals surface area contributed by atoms with Crippen molar-refractivity contribution in [2.45, 2.75) is 115 Å². The van der Waals surface area contributed by atoms with Crippen molar-refractivity contribution in [3.63, 3.8) is 0 Å². The van der Waals surface area contributed by atoms with Crippen LogP contribution >= 0.6 is 23.2 Å². The molecule has 11 nitrogen and oxygen atoms in total. The van der Waals surface area contributed by atoms with Gasteiger partial charge < -0.3 is 25.7 Å². The van der Waals surface area contributed by atoms with E-state index in [0.29, 0.717) is 82.2 Å². The Morgan fingerprint density at radius 1 is 0.719 bits per heavy atom. The van der Waals surface area contributed by atoms with Gasteiger partial charge in [0.1, 0.15) is 11.9 Å². The number of halogens is 2. The van der Waals surface area contributed by atoms with Crippen molar-refractivity contribution in [3.05, 3.63) is 69.8 Å². The maximum Gasteiger partial charge on any atom is 0.326 e. The highest BCUT2D eigenvalue weighted by Gasteiger charge is 2.32. The van der Waals surface area contributed by atoms with Crippen LogP contribution in [0.5, 0.6) is 0 Å². The summed E-state index contributed by atoms with van der Waals surface area (Å²) in [6.07, 6.45) is 16.3. The zero-order chi connectivity index (χ0) is 40.3. The first-order valence-electron chi connectivity index (χ1n) is 20.5. The van der Waals surface area contributed by atoms with Crippen molar-refractivity contribution < 1.29 is 29.4 Å². The number of carbonyl (C=O) groups excluding carboxylic acids is 2. The lowest BCUT2D eigenvalue weighted by Gasteiger charge is -2.23. The number of amides is 2. The van der Waals surface area contributed by atoms with Crippen molar-refractivity contribution in [1.29, 1.82) is 0 Å². The number of fused-ring (bicyclic) bond motifs is 2. The van der Waals surface area contributed by atoms with Gasteiger partial charge in [0.2, 0.25) is 5.91 Å². The Kier molecular flexibility index (Phi) is 15.0. The predicted octanol–water partition coefficient (Wildman–Crippen LogP) is 9.85. The van der Waals surface area contributed by atoms with Crippen LogP contribution in [0.25, 0.3) is 21.8 Å². The van der Waals surface area contributed by atoms with Crippen LogP contribution in [0.1, 0.15) is 119 Å². The van der Waals surface area contributed by atoms with Crippen molar-refractivity contribution >= 4 is 80.3 Å². The molecule has 2 amide bonds. The first-order chi connectivity index (χ1) is 27.6. The molecular formula is C44H53Cl2N5O6. The molecule has 4 aromatic rings. The number of unbranched alkanes of at least 4 members (excludes halogenated alkanes) is 1. The van der Waals surface area contributed by atoms with Crippen LogP contribution in [0, 0.1) is 11.8 Å². The molecule has 2 aromatic carbocycles. The molecule has 1 aliphatic heterocycles. The molecule has 2 aliphatic carbocycles. The maximum absolute atomic E-state index is 12.9. The van der Waals surface area contributed by atoms with Crippen LogP contribution in [-0.4, -0.2) is 63.1 Å². The summed E-state index contributed by atoms with van der Waals surface area (Å²) in [5.74, 6) is -0.132. The number of aliphatic carboxylic acids is 2. The van der Waals surface area contributed by atoms with E-state index >= 15 is 0 Å². The number of aryl methyl sites for hydroxylation is 1. The number of hydrogen-bond donors (Lipinski definition) is 4. The maximum atomic E-state index is 12.9. The molecule has 2 aromatic heterocycles. The lowest BCUT2D eigenvalue weighted by atomic mass is 9.87. The molecule has 3 heterocycles. The molecule has 4 N–H and O–H groups in total. The third-order valence-corrected chi connectivity index (χ3v) is 12.2. The molecule has 3 fully saturated rings. The Morgan fingerprint density at radius 2 is 1.39 bits per heavy atom. The van der Waals surface area contributed by atoms with Crippen molar-refractivity contribution in [2.24, 2.45) is 11.8 Å². The van der Waals surface area contributed by atoms with E-state index < -0.39 is 18.0 Å². The molecule has 3 aliphatic rings. The molecule has 57 heavy (non-hydrogen) atoms. The van der Waals surface area contributed by atoms with Gasteiger partial charge in [0.25, 0.3) is 5.91 Å². The quantitative estimate of drug-likeness (QED) is 0.0963. The average Bonchev–Trinajstić information content (AvgIpc) is 3.71. The number of carboxylic acids is 2. The fourth-order valence-corrected chi connectivity index (χ4v) is 8.95. The van der Waals surface area contributed by atoms with E-state index in [2.05, 4.69) is 20.6 Å². The third kappa shape index (κ3) is 11.3. The number of rotatable bonds is 13. The molecule has 0 spiro atoms.